The van der Waals surface area contributed by atoms with Crippen LogP contribution in [-0.4, -0.2) is 48.1 Å². The van der Waals surface area contributed by atoms with E-state index in [4.69, 9.17) is 19.3 Å². The summed E-state index contributed by atoms with van der Waals surface area (Å²) in [7, 11) is -10.0. The first-order valence-corrected chi connectivity index (χ1v) is 6.32. The highest BCUT2D eigenvalue weighted by Crippen LogP contribution is 1.92. The summed E-state index contributed by atoms with van der Waals surface area (Å²) in [6, 6.07) is 0. The molecule has 140 valence electrons. The van der Waals surface area contributed by atoms with Crippen LogP contribution in [0.3, 0.4) is 0 Å². The van der Waals surface area contributed by atoms with Crippen LogP contribution in [0.25, 0.3) is 0 Å². The minimum absolute atomic E-state index is 0. The smallest absolute Gasteiger partial charge is 0.425 e. The fraction of sp³-hybridized carbons (Fsp3) is 0.500. The second-order valence-electron chi connectivity index (χ2n) is 2.28. The van der Waals surface area contributed by atoms with Crippen molar-refractivity contribution in [2.75, 3.05) is 0 Å². The SMILES string of the molecule is N.N.N.N.O=C(O)CCC(=O)O.O=S(=O)(O)OOS(=O)(=O)O. The van der Waals surface area contributed by atoms with Crippen LogP contribution in [-0.2, 0) is 39.1 Å². The van der Waals surface area contributed by atoms with Gasteiger partial charge in [-0.1, -0.05) is 8.67 Å². The molecule has 0 saturated carbocycles. The van der Waals surface area contributed by atoms with E-state index in [1.165, 1.54) is 0 Å². The van der Waals surface area contributed by atoms with Gasteiger partial charge < -0.3 is 34.8 Å². The molecule has 0 bridgehead atoms. The zero-order valence-electron chi connectivity index (χ0n) is 11.1. The second kappa shape index (κ2) is 15.9. The minimum Gasteiger partial charge on any atom is -0.481 e. The van der Waals surface area contributed by atoms with E-state index in [2.05, 4.69) is 8.67 Å². The molecule has 16 N–H and O–H groups in total. The summed E-state index contributed by atoms with van der Waals surface area (Å²) in [5.74, 6) is -2.15. The summed E-state index contributed by atoms with van der Waals surface area (Å²) in [5.41, 5.74) is 0. The van der Waals surface area contributed by atoms with Crippen molar-refractivity contribution in [2.24, 2.45) is 0 Å². The third kappa shape index (κ3) is 51.4. The predicted octanol–water partition coefficient (Wildman–Crippen LogP) is -0.876. The lowest BCUT2D eigenvalue weighted by molar-refractivity contribution is -0.143. The Hall–Kier alpha value is -1.48. The zero-order valence-corrected chi connectivity index (χ0v) is 12.7. The molecule has 0 aromatic rings. The van der Waals surface area contributed by atoms with E-state index in [0.717, 1.165) is 0 Å². The van der Waals surface area contributed by atoms with Gasteiger partial charge >= 0.3 is 32.7 Å². The Morgan fingerprint density at radius 2 is 0.864 bits per heavy atom. The lowest BCUT2D eigenvalue weighted by Gasteiger charge is -1.92. The van der Waals surface area contributed by atoms with Gasteiger partial charge in [0.2, 0.25) is 0 Å². The largest absolute Gasteiger partial charge is 0.481 e. The Bertz CT molecular complexity index is 439. The van der Waals surface area contributed by atoms with E-state index >= 15 is 0 Å². The molecule has 0 unspecified atom stereocenters. The van der Waals surface area contributed by atoms with Crippen molar-refractivity contribution in [3.8, 4) is 0 Å². The molecular formula is C4H20N4O12S2. The molecule has 0 saturated heterocycles. The van der Waals surface area contributed by atoms with E-state index < -0.39 is 32.7 Å². The number of carbonyl (C=O) groups is 2. The Morgan fingerprint density at radius 1 is 0.682 bits per heavy atom. The van der Waals surface area contributed by atoms with Gasteiger partial charge in [-0.3, -0.25) is 18.7 Å². The van der Waals surface area contributed by atoms with Crippen molar-refractivity contribution in [3.05, 3.63) is 0 Å². The number of hydrogen-bond donors (Lipinski definition) is 8. The van der Waals surface area contributed by atoms with Crippen molar-refractivity contribution < 1.29 is 54.4 Å². The maximum atomic E-state index is 9.64. The third-order valence-corrected chi connectivity index (χ3v) is 1.32. The zero-order chi connectivity index (χ0) is 15.0. The van der Waals surface area contributed by atoms with Gasteiger partial charge in [0, 0.05) is 0 Å². The van der Waals surface area contributed by atoms with Crippen LogP contribution in [0.1, 0.15) is 12.8 Å². The van der Waals surface area contributed by atoms with E-state index in [1.807, 2.05) is 0 Å². The van der Waals surface area contributed by atoms with Crippen molar-refractivity contribution in [1.29, 1.82) is 0 Å². The molecule has 0 aliphatic heterocycles. The third-order valence-electron chi connectivity index (χ3n) is 0.752. The van der Waals surface area contributed by atoms with Gasteiger partial charge in [0.25, 0.3) is 0 Å². The molecule has 0 aromatic heterocycles. The van der Waals surface area contributed by atoms with Gasteiger partial charge in [-0.25, -0.2) is 0 Å². The normalized spacial score (nSPS) is 9.18. The van der Waals surface area contributed by atoms with Crippen LogP contribution >= 0.6 is 0 Å². The number of aliphatic carboxylic acids is 2. The topological polar surface area (TPSA) is 342 Å². The van der Waals surface area contributed by atoms with E-state index in [9.17, 15) is 26.4 Å². The summed E-state index contributed by atoms with van der Waals surface area (Å²) in [6.07, 6.45) is -0.593. The van der Waals surface area contributed by atoms with E-state index in [0.29, 0.717) is 0 Å². The lowest BCUT2D eigenvalue weighted by atomic mass is 10.3. The van der Waals surface area contributed by atoms with Gasteiger partial charge in [0.05, 0.1) is 12.8 Å². The Labute approximate surface area is 125 Å². The first-order valence-electron chi connectivity index (χ1n) is 3.59. The van der Waals surface area contributed by atoms with Crippen molar-refractivity contribution in [3.63, 3.8) is 0 Å². The number of hydrogen-bond acceptors (Lipinski definition) is 12. The van der Waals surface area contributed by atoms with Crippen LogP contribution < -0.4 is 24.6 Å². The molecule has 0 amide bonds. The van der Waals surface area contributed by atoms with Crippen LogP contribution in [0.15, 0.2) is 0 Å². The highest BCUT2D eigenvalue weighted by molar-refractivity contribution is 7.83. The molecule has 0 rings (SSSR count). The van der Waals surface area contributed by atoms with E-state index in [1.54, 1.807) is 0 Å². The fourth-order valence-electron chi connectivity index (χ4n) is 0.284. The molecule has 0 spiro atoms. The predicted molar refractivity (Wildman–Crippen MR) is 69.9 cm³/mol. The Balaban J connectivity index is -0.0000000500. The number of rotatable bonds is 6. The van der Waals surface area contributed by atoms with E-state index in [-0.39, 0.29) is 37.4 Å². The molecule has 0 aliphatic rings. The standard InChI is InChI=1S/C4H6O4.4H3N.H2O8S2/c5-3(6)1-2-4(7)8;;;;;1-9(2,3)7-8-10(4,5)6/h1-2H2,(H,5,6)(H,7,8);4*1H3;(H,1,2,3)(H,4,5,6). The molecule has 18 heteroatoms. The summed E-state index contributed by atoms with van der Waals surface area (Å²) >= 11 is 0. The minimum atomic E-state index is -5.02. The monoisotopic (exact) mass is 380 g/mol. The van der Waals surface area contributed by atoms with Crippen molar-refractivity contribution in [1.82, 2.24) is 24.6 Å². The molecule has 0 fully saturated rings. The first-order chi connectivity index (χ1) is 7.83. The van der Waals surface area contributed by atoms with Crippen LogP contribution in [0, 0.1) is 0 Å². The Morgan fingerprint density at radius 3 is 0.955 bits per heavy atom. The molecule has 0 atom stereocenters. The molecule has 16 nitrogen and oxygen atoms in total. The Kier molecular flexibility index (Phi) is 26.8. The highest BCUT2D eigenvalue weighted by Gasteiger charge is 2.13. The number of carboxylic acids is 2. The van der Waals surface area contributed by atoms with Gasteiger partial charge in [0.15, 0.2) is 0 Å². The molecule has 0 aliphatic carbocycles. The summed E-state index contributed by atoms with van der Waals surface area (Å²) in [5, 5.41) is 15.8. The quantitative estimate of drug-likeness (QED) is 0.157. The van der Waals surface area contributed by atoms with Gasteiger partial charge in [-0.15, -0.1) is 0 Å². The molecule has 0 radical (unpaired) electrons. The average Bonchev–Trinajstić information content (AvgIpc) is 2.10. The molecular weight excluding hydrogens is 360 g/mol. The average molecular weight is 380 g/mol. The maximum absolute atomic E-state index is 9.64. The molecule has 0 aromatic carbocycles. The summed E-state index contributed by atoms with van der Waals surface area (Å²) < 4.78 is 58.9. The van der Waals surface area contributed by atoms with Crippen LogP contribution in [0.4, 0.5) is 0 Å². The highest BCUT2D eigenvalue weighted by atomic mass is 32.3. The van der Waals surface area contributed by atoms with Crippen molar-refractivity contribution in [2.45, 2.75) is 12.8 Å². The number of carboxylic acid groups (broad SMARTS) is 2. The summed E-state index contributed by atoms with van der Waals surface area (Å²) in [4.78, 5) is 19.3. The lowest BCUT2D eigenvalue weighted by Crippen LogP contribution is -2.10. The van der Waals surface area contributed by atoms with Crippen LogP contribution in [0.2, 0.25) is 0 Å². The maximum Gasteiger partial charge on any atom is 0.425 e. The fourth-order valence-corrected chi connectivity index (χ4v) is 0.846. The van der Waals surface area contributed by atoms with Crippen molar-refractivity contribution >= 4 is 32.7 Å². The summed E-state index contributed by atoms with van der Waals surface area (Å²) in [6.45, 7) is 0. The van der Waals surface area contributed by atoms with Gasteiger partial charge in [-0.2, -0.15) is 16.8 Å². The van der Waals surface area contributed by atoms with Crippen LogP contribution in [0.5, 0.6) is 0 Å². The molecule has 22 heavy (non-hydrogen) atoms. The molecule has 0 heterocycles. The second-order valence-corrected chi connectivity index (χ2v) is 4.26. The van der Waals surface area contributed by atoms with Gasteiger partial charge in [0.1, 0.15) is 0 Å². The first kappa shape index (κ1) is 37.1. The van der Waals surface area contributed by atoms with Gasteiger partial charge in [-0.05, 0) is 0 Å².